The Morgan fingerprint density at radius 2 is 2.15 bits per heavy atom. The number of halogens is 1. The number of likely N-dealkylation sites (tertiary alicyclic amines) is 1. The molecule has 1 aromatic carbocycles. The lowest BCUT2D eigenvalue weighted by Gasteiger charge is -2.36. The van der Waals surface area contributed by atoms with E-state index in [1.54, 1.807) is 6.20 Å². The van der Waals surface area contributed by atoms with Gasteiger partial charge < -0.3 is 9.47 Å². The maximum atomic E-state index is 12.9. The van der Waals surface area contributed by atoms with Gasteiger partial charge in [0, 0.05) is 48.6 Å². The van der Waals surface area contributed by atoms with E-state index in [9.17, 15) is 4.79 Å². The summed E-state index contributed by atoms with van der Waals surface area (Å²) in [5, 5.41) is 1.87. The molecule has 134 valence electrons. The predicted molar refractivity (Wildman–Crippen MR) is 104 cm³/mol. The number of piperidine rings is 1. The van der Waals surface area contributed by atoms with Gasteiger partial charge in [0.15, 0.2) is 0 Å². The fourth-order valence-electron chi connectivity index (χ4n) is 3.86. The van der Waals surface area contributed by atoms with E-state index in [1.165, 1.54) is 0 Å². The number of aryl methyl sites for hydroxylation is 1. The molecule has 0 N–H and O–H groups in total. The molecule has 0 aliphatic carbocycles. The highest BCUT2D eigenvalue weighted by atomic mass is 35.5. The van der Waals surface area contributed by atoms with Crippen LogP contribution in [0.2, 0.25) is 5.02 Å². The van der Waals surface area contributed by atoms with Crippen LogP contribution in [0.4, 0.5) is 0 Å². The third kappa shape index (κ3) is 3.47. The van der Waals surface area contributed by atoms with Crippen molar-refractivity contribution in [1.82, 2.24) is 14.5 Å². The Hall–Kier alpha value is -2.33. The molecule has 1 unspecified atom stereocenters. The Morgan fingerprint density at radius 3 is 3.00 bits per heavy atom. The van der Waals surface area contributed by atoms with Crippen molar-refractivity contribution in [3.05, 3.63) is 65.6 Å². The van der Waals surface area contributed by atoms with Crippen LogP contribution in [-0.4, -0.2) is 26.9 Å². The molecule has 4 nitrogen and oxygen atoms in total. The fraction of sp³-hybridized carbons (Fsp3) is 0.333. The number of pyridine rings is 1. The highest BCUT2D eigenvalue weighted by molar-refractivity contribution is 6.31. The summed E-state index contributed by atoms with van der Waals surface area (Å²) in [6, 6.07) is 12.1. The molecule has 1 aliphatic heterocycles. The molecule has 5 heteroatoms. The summed E-state index contributed by atoms with van der Waals surface area (Å²) in [7, 11) is 0. The van der Waals surface area contributed by atoms with Crippen molar-refractivity contribution in [1.29, 1.82) is 0 Å². The lowest BCUT2D eigenvalue weighted by molar-refractivity contribution is -0.135. The van der Waals surface area contributed by atoms with E-state index in [0.29, 0.717) is 13.0 Å². The summed E-state index contributed by atoms with van der Waals surface area (Å²) in [6.07, 6.45) is 9.43. The van der Waals surface area contributed by atoms with Crippen molar-refractivity contribution in [2.45, 2.75) is 38.3 Å². The second-order valence-corrected chi connectivity index (χ2v) is 7.28. The zero-order valence-corrected chi connectivity index (χ0v) is 15.4. The number of benzene rings is 1. The van der Waals surface area contributed by atoms with E-state index in [0.717, 1.165) is 47.3 Å². The second-order valence-electron chi connectivity index (χ2n) is 6.85. The maximum absolute atomic E-state index is 12.9. The van der Waals surface area contributed by atoms with Crippen LogP contribution >= 0.6 is 11.6 Å². The minimum atomic E-state index is 0.154. The molecule has 0 spiro atoms. The average Bonchev–Trinajstić information content (AvgIpc) is 3.09. The maximum Gasteiger partial charge on any atom is 0.224 e. The summed E-state index contributed by atoms with van der Waals surface area (Å²) in [4.78, 5) is 19.2. The second kappa shape index (κ2) is 7.50. The molecule has 0 saturated carbocycles. The van der Waals surface area contributed by atoms with Gasteiger partial charge in [0.2, 0.25) is 5.91 Å². The molecule has 1 saturated heterocycles. The summed E-state index contributed by atoms with van der Waals surface area (Å²) < 4.78 is 2.11. The first kappa shape index (κ1) is 17.1. The standard InChI is InChI=1S/C21H22ClN3O/c22-18-7-6-16-8-12-24(20(16)14-18)13-9-21(26)25-11-2-1-5-19(25)17-4-3-10-23-15-17/h3-4,6-8,10,12,14-15,19H,1-2,5,9,11,13H2. The van der Waals surface area contributed by atoms with E-state index in [4.69, 9.17) is 11.6 Å². The van der Waals surface area contributed by atoms with E-state index in [2.05, 4.69) is 21.7 Å². The Morgan fingerprint density at radius 1 is 1.23 bits per heavy atom. The van der Waals surface area contributed by atoms with Gasteiger partial charge in [0.1, 0.15) is 0 Å². The monoisotopic (exact) mass is 367 g/mol. The molecule has 2 aromatic heterocycles. The highest BCUT2D eigenvalue weighted by Gasteiger charge is 2.27. The van der Waals surface area contributed by atoms with Gasteiger partial charge in [-0.2, -0.15) is 0 Å². The first-order valence-corrected chi connectivity index (χ1v) is 9.54. The van der Waals surface area contributed by atoms with Gasteiger partial charge in [-0.05, 0) is 54.5 Å². The number of nitrogens with zero attached hydrogens (tertiary/aromatic N) is 3. The molecule has 26 heavy (non-hydrogen) atoms. The van der Waals surface area contributed by atoms with Crippen molar-refractivity contribution in [2.75, 3.05) is 6.54 Å². The number of carbonyl (C=O) groups excluding carboxylic acids is 1. The molecule has 3 heterocycles. The molecule has 1 fully saturated rings. The van der Waals surface area contributed by atoms with Gasteiger partial charge in [-0.3, -0.25) is 9.78 Å². The van der Waals surface area contributed by atoms with Gasteiger partial charge in [-0.15, -0.1) is 0 Å². The number of carbonyl (C=O) groups is 1. The predicted octanol–water partition coefficient (Wildman–Crippen LogP) is 4.83. The van der Waals surface area contributed by atoms with Crippen molar-refractivity contribution in [2.24, 2.45) is 0 Å². The van der Waals surface area contributed by atoms with E-state index in [1.807, 2.05) is 41.6 Å². The lowest BCUT2D eigenvalue weighted by Crippen LogP contribution is -2.38. The van der Waals surface area contributed by atoms with Crippen LogP contribution in [-0.2, 0) is 11.3 Å². The first-order valence-electron chi connectivity index (χ1n) is 9.16. The van der Waals surface area contributed by atoms with Crippen molar-refractivity contribution >= 4 is 28.4 Å². The van der Waals surface area contributed by atoms with Crippen molar-refractivity contribution in [3.8, 4) is 0 Å². The molecule has 0 radical (unpaired) electrons. The smallest absolute Gasteiger partial charge is 0.224 e. The summed E-state index contributed by atoms with van der Waals surface area (Å²) >= 11 is 6.12. The van der Waals surface area contributed by atoms with Crippen LogP contribution in [0.25, 0.3) is 10.9 Å². The number of rotatable bonds is 4. The molecule has 3 aromatic rings. The molecule has 1 atom stereocenters. The number of amides is 1. The fourth-order valence-corrected chi connectivity index (χ4v) is 4.03. The summed E-state index contributed by atoms with van der Waals surface area (Å²) in [5.74, 6) is 0.211. The normalized spacial score (nSPS) is 17.6. The zero-order chi connectivity index (χ0) is 17.9. The van der Waals surface area contributed by atoms with Crippen LogP contribution in [0, 0.1) is 0 Å². The van der Waals surface area contributed by atoms with Crippen LogP contribution < -0.4 is 0 Å². The lowest BCUT2D eigenvalue weighted by atomic mass is 9.96. The quantitative estimate of drug-likeness (QED) is 0.662. The Balaban J connectivity index is 1.48. The minimum Gasteiger partial charge on any atom is -0.347 e. The molecular weight excluding hydrogens is 346 g/mol. The number of hydrogen-bond acceptors (Lipinski definition) is 2. The minimum absolute atomic E-state index is 0.154. The van der Waals surface area contributed by atoms with Crippen LogP contribution in [0.1, 0.15) is 37.3 Å². The number of hydrogen-bond donors (Lipinski definition) is 0. The summed E-state index contributed by atoms with van der Waals surface area (Å²) in [5.41, 5.74) is 2.21. The van der Waals surface area contributed by atoms with Crippen LogP contribution in [0.3, 0.4) is 0 Å². The van der Waals surface area contributed by atoms with Crippen LogP contribution in [0.15, 0.2) is 55.0 Å². The Labute approximate surface area is 158 Å². The molecule has 4 rings (SSSR count). The molecule has 1 aliphatic rings. The third-order valence-corrected chi connectivity index (χ3v) is 5.43. The molecule has 0 bridgehead atoms. The van der Waals surface area contributed by atoms with E-state index in [-0.39, 0.29) is 11.9 Å². The third-order valence-electron chi connectivity index (χ3n) is 5.19. The van der Waals surface area contributed by atoms with Gasteiger partial charge in [0.25, 0.3) is 0 Å². The van der Waals surface area contributed by atoms with E-state index < -0.39 is 0 Å². The van der Waals surface area contributed by atoms with Gasteiger partial charge in [-0.1, -0.05) is 23.7 Å². The van der Waals surface area contributed by atoms with E-state index >= 15 is 0 Å². The SMILES string of the molecule is O=C(CCn1ccc2ccc(Cl)cc21)N1CCCCC1c1cccnc1. The van der Waals surface area contributed by atoms with Crippen LogP contribution in [0.5, 0.6) is 0 Å². The number of aromatic nitrogens is 2. The highest BCUT2D eigenvalue weighted by Crippen LogP contribution is 2.31. The Bertz CT molecular complexity index is 906. The molecule has 1 amide bonds. The van der Waals surface area contributed by atoms with Crippen molar-refractivity contribution in [3.63, 3.8) is 0 Å². The van der Waals surface area contributed by atoms with Gasteiger partial charge in [0.05, 0.1) is 6.04 Å². The number of fused-ring (bicyclic) bond motifs is 1. The Kier molecular flexibility index (Phi) is 4.93. The largest absolute Gasteiger partial charge is 0.347 e. The van der Waals surface area contributed by atoms with Gasteiger partial charge in [-0.25, -0.2) is 0 Å². The van der Waals surface area contributed by atoms with Crippen molar-refractivity contribution < 1.29 is 4.79 Å². The summed E-state index contributed by atoms with van der Waals surface area (Å²) in [6.45, 7) is 1.50. The zero-order valence-electron chi connectivity index (χ0n) is 14.6. The first-order chi connectivity index (χ1) is 12.7. The average molecular weight is 368 g/mol. The molecular formula is C21H22ClN3O. The van der Waals surface area contributed by atoms with Gasteiger partial charge >= 0.3 is 0 Å². The topological polar surface area (TPSA) is 38.1 Å².